The number of hydrogen-bond donors (Lipinski definition) is 3. The smallest absolute Gasteiger partial charge is 0.252 e. The molecule has 0 aliphatic carbocycles. The Morgan fingerprint density at radius 2 is 2.05 bits per heavy atom. The first-order valence-corrected chi connectivity index (χ1v) is 6.50. The average Bonchev–Trinajstić information content (AvgIpc) is 2.51. The van der Waals surface area contributed by atoms with Gasteiger partial charge in [0.1, 0.15) is 0 Å². The lowest BCUT2D eigenvalue weighted by atomic mass is 10.1. The summed E-state index contributed by atoms with van der Waals surface area (Å²) in [6, 6.07) is 6.91. The van der Waals surface area contributed by atoms with Crippen molar-refractivity contribution < 1.29 is 14.3 Å². The van der Waals surface area contributed by atoms with Crippen LogP contribution < -0.4 is 16.4 Å². The summed E-state index contributed by atoms with van der Waals surface area (Å²) in [6.45, 7) is 0.958. The second-order valence-electron chi connectivity index (χ2n) is 4.08. The quantitative estimate of drug-likeness (QED) is 0.486. The van der Waals surface area contributed by atoms with Crippen LogP contribution in [0, 0.1) is 11.8 Å². The predicted octanol–water partition coefficient (Wildman–Crippen LogP) is -0.511. The SMILES string of the molecule is COCCNC(=O)CNC(=O)c1ccccc1C#CCN. The molecule has 0 aliphatic heterocycles. The Kier molecular flexibility index (Phi) is 7.58. The third kappa shape index (κ3) is 6.08. The van der Waals surface area contributed by atoms with Gasteiger partial charge in [-0.05, 0) is 12.1 Å². The fourth-order valence-electron chi connectivity index (χ4n) is 1.55. The maximum Gasteiger partial charge on any atom is 0.252 e. The molecule has 6 nitrogen and oxygen atoms in total. The molecule has 0 saturated heterocycles. The minimum Gasteiger partial charge on any atom is -0.383 e. The molecule has 0 heterocycles. The van der Waals surface area contributed by atoms with Gasteiger partial charge in [0.25, 0.3) is 5.91 Å². The fourth-order valence-corrected chi connectivity index (χ4v) is 1.55. The maximum atomic E-state index is 12.0. The van der Waals surface area contributed by atoms with E-state index >= 15 is 0 Å². The molecular weight excluding hydrogens is 270 g/mol. The lowest BCUT2D eigenvalue weighted by Crippen LogP contribution is -2.38. The first kappa shape index (κ1) is 16.7. The highest BCUT2D eigenvalue weighted by atomic mass is 16.5. The highest BCUT2D eigenvalue weighted by Gasteiger charge is 2.10. The summed E-state index contributed by atoms with van der Waals surface area (Å²) in [5.74, 6) is 4.91. The number of amides is 2. The van der Waals surface area contributed by atoms with Crippen molar-refractivity contribution >= 4 is 11.8 Å². The average molecular weight is 289 g/mol. The molecule has 0 atom stereocenters. The number of carbonyl (C=O) groups is 2. The largest absolute Gasteiger partial charge is 0.383 e. The second kappa shape index (κ2) is 9.53. The Bertz CT molecular complexity index is 547. The summed E-state index contributed by atoms with van der Waals surface area (Å²) in [5, 5.41) is 5.17. The van der Waals surface area contributed by atoms with E-state index in [2.05, 4.69) is 22.5 Å². The van der Waals surface area contributed by atoms with Crippen molar-refractivity contribution in [2.24, 2.45) is 5.73 Å². The maximum absolute atomic E-state index is 12.0. The van der Waals surface area contributed by atoms with Crippen molar-refractivity contribution in [3.8, 4) is 11.8 Å². The van der Waals surface area contributed by atoms with Gasteiger partial charge in [0, 0.05) is 19.2 Å². The molecule has 112 valence electrons. The van der Waals surface area contributed by atoms with E-state index in [1.807, 2.05) is 0 Å². The summed E-state index contributed by atoms with van der Waals surface area (Å²) in [7, 11) is 1.55. The molecule has 6 heteroatoms. The summed E-state index contributed by atoms with van der Waals surface area (Å²) < 4.78 is 4.81. The van der Waals surface area contributed by atoms with Gasteiger partial charge in [0.2, 0.25) is 5.91 Å². The number of benzene rings is 1. The van der Waals surface area contributed by atoms with Gasteiger partial charge >= 0.3 is 0 Å². The molecule has 21 heavy (non-hydrogen) atoms. The van der Waals surface area contributed by atoms with Crippen molar-refractivity contribution in [2.45, 2.75) is 0 Å². The number of carbonyl (C=O) groups excluding carboxylic acids is 2. The fraction of sp³-hybridized carbons (Fsp3) is 0.333. The third-order valence-electron chi connectivity index (χ3n) is 2.53. The molecule has 1 aromatic carbocycles. The first-order chi connectivity index (χ1) is 10.2. The lowest BCUT2D eigenvalue weighted by molar-refractivity contribution is -0.120. The van der Waals surface area contributed by atoms with E-state index in [4.69, 9.17) is 10.5 Å². The van der Waals surface area contributed by atoms with E-state index in [9.17, 15) is 9.59 Å². The third-order valence-corrected chi connectivity index (χ3v) is 2.53. The molecule has 0 aliphatic rings. The van der Waals surface area contributed by atoms with Crippen LogP contribution in [0.25, 0.3) is 0 Å². The van der Waals surface area contributed by atoms with E-state index < -0.39 is 0 Å². The van der Waals surface area contributed by atoms with Crippen LogP contribution in [0.3, 0.4) is 0 Å². The zero-order valence-corrected chi connectivity index (χ0v) is 11.9. The number of nitrogens with one attached hydrogen (secondary N) is 2. The molecule has 1 rings (SSSR count). The normalized spacial score (nSPS) is 9.43. The summed E-state index contributed by atoms with van der Waals surface area (Å²) in [5.41, 5.74) is 6.32. The van der Waals surface area contributed by atoms with E-state index in [1.165, 1.54) is 0 Å². The lowest BCUT2D eigenvalue weighted by Gasteiger charge is -2.07. The molecule has 0 saturated carbocycles. The van der Waals surface area contributed by atoms with Gasteiger partial charge < -0.3 is 21.1 Å². The molecule has 0 spiro atoms. The van der Waals surface area contributed by atoms with Crippen molar-refractivity contribution in [2.75, 3.05) is 33.4 Å². The minimum atomic E-state index is -0.348. The molecule has 2 amide bonds. The van der Waals surface area contributed by atoms with E-state index in [0.717, 1.165) is 0 Å². The minimum absolute atomic E-state index is 0.0960. The van der Waals surface area contributed by atoms with Gasteiger partial charge in [-0.15, -0.1) is 0 Å². The van der Waals surface area contributed by atoms with Crippen LogP contribution in [0.5, 0.6) is 0 Å². The highest BCUT2D eigenvalue weighted by molar-refractivity contribution is 5.98. The zero-order valence-electron chi connectivity index (χ0n) is 11.9. The van der Waals surface area contributed by atoms with Gasteiger partial charge in [0.05, 0.1) is 25.3 Å². The summed E-state index contributed by atoms with van der Waals surface area (Å²) in [6.07, 6.45) is 0. The second-order valence-corrected chi connectivity index (χ2v) is 4.08. The number of hydrogen-bond acceptors (Lipinski definition) is 4. The van der Waals surface area contributed by atoms with E-state index in [1.54, 1.807) is 31.4 Å². The van der Waals surface area contributed by atoms with Crippen molar-refractivity contribution in [3.05, 3.63) is 35.4 Å². The summed E-state index contributed by atoms with van der Waals surface area (Å²) in [4.78, 5) is 23.5. The molecule has 0 bridgehead atoms. The van der Waals surface area contributed by atoms with Crippen LogP contribution in [-0.2, 0) is 9.53 Å². The van der Waals surface area contributed by atoms with Gasteiger partial charge in [-0.3, -0.25) is 9.59 Å². The Morgan fingerprint density at radius 3 is 2.76 bits per heavy atom. The van der Waals surface area contributed by atoms with Gasteiger partial charge in [-0.2, -0.15) is 0 Å². The highest BCUT2D eigenvalue weighted by Crippen LogP contribution is 2.06. The van der Waals surface area contributed by atoms with Crippen molar-refractivity contribution in [3.63, 3.8) is 0 Å². The number of rotatable bonds is 6. The molecule has 0 radical (unpaired) electrons. The van der Waals surface area contributed by atoms with E-state index in [0.29, 0.717) is 24.3 Å². The van der Waals surface area contributed by atoms with Crippen LogP contribution in [0.2, 0.25) is 0 Å². The molecular formula is C15H19N3O3. The van der Waals surface area contributed by atoms with Crippen LogP contribution in [0.15, 0.2) is 24.3 Å². The number of methoxy groups -OCH3 is 1. The summed E-state index contributed by atoms with van der Waals surface area (Å²) >= 11 is 0. The zero-order chi connectivity index (χ0) is 15.5. The Hall–Kier alpha value is -2.36. The standard InChI is InChI=1S/C15H19N3O3/c1-21-10-9-17-14(19)11-18-15(20)13-7-3-2-5-12(13)6-4-8-16/h2-3,5,7H,8-11,16H2,1H3,(H,17,19)(H,18,20). The van der Waals surface area contributed by atoms with Crippen molar-refractivity contribution in [1.29, 1.82) is 0 Å². The number of nitrogens with two attached hydrogens (primary N) is 1. The van der Waals surface area contributed by atoms with Crippen molar-refractivity contribution in [1.82, 2.24) is 10.6 Å². The Labute approximate surface area is 124 Å². The Morgan fingerprint density at radius 1 is 1.29 bits per heavy atom. The van der Waals surface area contributed by atoms with Crippen LogP contribution >= 0.6 is 0 Å². The first-order valence-electron chi connectivity index (χ1n) is 6.50. The monoisotopic (exact) mass is 289 g/mol. The molecule has 1 aromatic rings. The molecule has 0 fully saturated rings. The molecule has 0 unspecified atom stereocenters. The van der Waals surface area contributed by atoms with Crippen LogP contribution in [0.1, 0.15) is 15.9 Å². The predicted molar refractivity (Wildman–Crippen MR) is 79.6 cm³/mol. The van der Waals surface area contributed by atoms with Crippen LogP contribution in [-0.4, -0.2) is 45.2 Å². The van der Waals surface area contributed by atoms with Gasteiger partial charge in [-0.1, -0.05) is 24.0 Å². The van der Waals surface area contributed by atoms with Gasteiger partial charge in [-0.25, -0.2) is 0 Å². The molecule has 0 aromatic heterocycles. The van der Waals surface area contributed by atoms with Gasteiger partial charge in [0.15, 0.2) is 0 Å². The Balaban J connectivity index is 2.58. The van der Waals surface area contributed by atoms with Crippen LogP contribution in [0.4, 0.5) is 0 Å². The number of ether oxygens (including phenoxy) is 1. The molecule has 4 N–H and O–H groups in total. The topological polar surface area (TPSA) is 93.5 Å². The van der Waals surface area contributed by atoms with E-state index in [-0.39, 0.29) is 24.9 Å².